The van der Waals surface area contributed by atoms with Crippen molar-refractivity contribution in [3.8, 4) is 0 Å². The number of nitrogens with zero attached hydrogens (tertiary/aromatic N) is 1. The number of aliphatic carboxylic acids is 1. The second kappa shape index (κ2) is 6.52. The number of ether oxygens (including phenoxy) is 1. The lowest BCUT2D eigenvalue weighted by Crippen LogP contribution is -2.53. The highest BCUT2D eigenvalue weighted by molar-refractivity contribution is 5.86. The van der Waals surface area contributed by atoms with E-state index in [-0.39, 0.29) is 24.2 Å². The van der Waals surface area contributed by atoms with Crippen LogP contribution in [0.3, 0.4) is 0 Å². The number of nitrogens with one attached hydrogen (secondary N) is 2. The minimum absolute atomic E-state index is 0.238. The average molecular weight is 311 g/mol. The molecule has 7 nitrogen and oxygen atoms in total. The second-order valence-corrected chi connectivity index (χ2v) is 6.52. The molecule has 124 valence electrons. The quantitative estimate of drug-likeness (QED) is 0.618. The number of carbonyl (C=O) groups excluding carboxylic acids is 1. The van der Waals surface area contributed by atoms with Gasteiger partial charge in [0, 0.05) is 6.04 Å². The first-order valence-electron chi connectivity index (χ1n) is 8.26. The van der Waals surface area contributed by atoms with Gasteiger partial charge in [-0.05, 0) is 45.3 Å². The van der Waals surface area contributed by atoms with Crippen molar-refractivity contribution in [3.05, 3.63) is 0 Å². The van der Waals surface area contributed by atoms with Crippen LogP contribution in [0, 0.1) is 11.8 Å². The fourth-order valence-electron chi connectivity index (χ4n) is 3.97. The SMILES string of the molecule is CCN1CCC(NNC(=O)C2C(C(=O)O)[C@H]3CC[C@@H]2O3)CC1. The van der Waals surface area contributed by atoms with Crippen molar-refractivity contribution in [1.29, 1.82) is 0 Å². The van der Waals surface area contributed by atoms with Crippen LogP contribution in [-0.4, -0.2) is 59.8 Å². The number of fused-ring (bicyclic) bond motifs is 2. The van der Waals surface area contributed by atoms with Crippen molar-refractivity contribution in [3.63, 3.8) is 0 Å². The van der Waals surface area contributed by atoms with E-state index in [1.54, 1.807) is 0 Å². The summed E-state index contributed by atoms with van der Waals surface area (Å²) in [5, 5.41) is 9.34. The van der Waals surface area contributed by atoms with Gasteiger partial charge in [-0.3, -0.25) is 15.0 Å². The van der Waals surface area contributed by atoms with Crippen molar-refractivity contribution in [2.45, 2.75) is 50.9 Å². The summed E-state index contributed by atoms with van der Waals surface area (Å²) in [7, 11) is 0. The van der Waals surface area contributed by atoms with Crippen molar-refractivity contribution >= 4 is 11.9 Å². The molecule has 3 aliphatic rings. The topological polar surface area (TPSA) is 90.9 Å². The molecule has 3 fully saturated rings. The number of hydrogen-bond donors (Lipinski definition) is 3. The monoisotopic (exact) mass is 311 g/mol. The van der Waals surface area contributed by atoms with Crippen LogP contribution in [0.2, 0.25) is 0 Å². The number of carboxylic acids is 1. The number of hydrogen-bond acceptors (Lipinski definition) is 5. The van der Waals surface area contributed by atoms with Crippen LogP contribution in [0.1, 0.15) is 32.6 Å². The number of amides is 1. The molecule has 0 aromatic heterocycles. The van der Waals surface area contributed by atoms with Gasteiger partial charge < -0.3 is 14.7 Å². The van der Waals surface area contributed by atoms with Crippen LogP contribution in [-0.2, 0) is 14.3 Å². The first-order chi connectivity index (χ1) is 10.6. The first kappa shape index (κ1) is 15.7. The van der Waals surface area contributed by atoms with Gasteiger partial charge in [-0.2, -0.15) is 0 Å². The molecule has 0 aromatic carbocycles. The summed E-state index contributed by atoms with van der Waals surface area (Å²) in [6, 6.07) is 0.259. The molecule has 3 saturated heterocycles. The Bertz CT molecular complexity index is 437. The lowest BCUT2D eigenvalue weighted by atomic mass is 9.79. The molecule has 0 saturated carbocycles. The Balaban J connectivity index is 1.51. The zero-order chi connectivity index (χ0) is 15.7. The molecule has 2 unspecified atom stereocenters. The molecule has 3 aliphatic heterocycles. The van der Waals surface area contributed by atoms with E-state index < -0.39 is 17.8 Å². The first-order valence-corrected chi connectivity index (χ1v) is 8.26. The van der Waals surface area contributed by atoms with Crippen LogP contribution in [0.5, 0.6) is 0 Å². The largest absolute Gasteiger partial charge is 0.481 e. The number of piperidine rings is 1. The highest BCUT2D eigenvalue weighted by atomic mass is 16.5. The standard InChI is InChI=1S/C15H25N3O4/c1-2-18-7-5-9(6-8-18)16-17-14(19)12-10-3-4-11(22-10)13(12)15(20)21/h9-13,16H,2-8H2,1H3,(H,17,19)(H,20,21)/t10-,11+,12?,13?/m0/s1. The van der Waals surface area contributed by atoms with Crippen molar-refractivity contribution < 1.29 is 19.4 Å². The molecule has 3 N–H and O–H groups in total. The molecule has 0 aromatic rings. The molecule has 1 amide bonds. The molecular formula is C15H25N3O4. The Morgan fingerprint density at radius 3 is 2.36 bits per heavy atom. The number of likely N-dealkylation sites (tertiary alicyclic amines) is 1. The smallest absolute Gasteiger partial charge is 0.310 e. The minimum Gasteiger partial charge on any atom is -0.481 e. The molecule has 4 atom stereocenters. The van der Waals surface area contributed by atoms with E-state index in [9.17, 15) is 14.7 Å². The van der Waals surface area contributed by atoms with Gasteiger partial charge in [-0.15, -0.1) is 0 Å². The minimum atomic E-state index is -0.927. The third kappa shape index (κ3) is 2.98. The predicted molar refractivity (Wildman–Crippen MR) is 78.9 cm³/mol. The maximum atomic E-state index is 12.4. The average Bonchev–Trinajstić information content (AvgIpc) is 3.14. The van der Waals surface area contributed by atoms with E-state index >= 15 is 0 Å². The maximum absolute atomic E-state index is 12.4. The highest BCUT2D eigenvalue weighted by Gasteiger charge is 2.55. The Morgan fingerprint density at radius 2 is 1.77 bits per heavy atom. The van der Waals surface area contributed by atoms with Gasteiger partial charge in [-0.25, -0.2) is 5.43 Å². The molecule has 0 radical (unpaired) electrons. The Morgan fingerprint density at radius 1 is 1.14 bits per heavy atom. The van der Waals surface area contributed by atoms with Gasteiger partial charge in [0.2, 0.25) is 5.91 Å². The van der Waals surface area contributed by atoms with Crippen molar-refractivity contribution in [2.24, 2.45) is 11.8 Å². The number of rotatable bonds is 5. The molecular weight excluding hydrogens is 286 g/mol. The molecule has 0 aliphatic carbocycles. The Kier molecular flexibility index (Phi) is 4.65. The van der Waals surface area contributed by atoms with E-state index in [0.717, 1.165) is 45.3 Å². The third-order valence-corrected chi connectivity index (χ3v) is 5.30. The molecule has 3 rings (SSSR count). The normalized spacial score (nSPS) is 35.7. The van der Waals surface area contributed by atoms with Gasteiger partial charge >= 0.3 is 5.97 Å². The van der Waals surface area contributed by atoms with Crippen LogP contribution in [0.15, 0.2) is 0 Å². The summed E-state index contributed by atoms with van der Waals surface area (Å²) in [4.78, 5) is 26.2. The summed E-state index contributed by atoms with van der Waals surface area (Å²) in [6.45, 7) is 5.26. The van der Waals surface area contributed by atoms with E-state index in [0.29, 0.717) is 0 Å². The molecule has 0 spiro atoms. The van der Waals surface area contributed by atoms with Gasteiger partial charge in [0.1, 0.15) is 0 Å². The van der Waals surface area contributed by atoms with Gasteiger partial charge in [-0.1, -0.05) is 6.92 Å². The Labute approximate surface area is 130 Å². The van der Waals surface area contributed by atoms with Crippen molar-refractivity contribution in [1.82, 2.24) is 15.8 Å². The van der Waals surface area contributed by atoms with E-state index in [1.807, 2.05) is 0 Å². The third-order valence-electron chi connectivity index (χ3n) is 5.30. The summed E-state index contributed by atoms with van der Waals surface area (Å²) in [5.41, 5.74) is 5.83. The lowest BCUT2D eigenvalue weighted by molar-refractivity contribution is -0.148. The second-order valence-electron chi connectivity index (χ2n) is 6.52. The fourth-order valence-corrected chi connectivity index (χ4v) is 3.97. The molecule has 7 heteroatoms. The summed E-state index contributed by atoms with van der Waals surface area (Å²) >= 11 is 0. The molecule has 3 heterocycles. The maximum Gasteiger partial charge on any atom is 0.310 e. The van der Waals surface area contributed by atoms with Gasteiger partial charge in [0.15, 0.2) is 0 Å². The predicted octanol–water partition coefficient (Wildman–Crippen LogP) is -0.0303. The number of hydrazine groups is 1. The fraction of sp³-hybridized carbons (Fsp3) is 0.867. The van der Waals surface area contributed by atoms with Crippen LogP contribution in [0.25, 0.3) is 0 Å². The zero-order valence-corrected chi connectivity index (χ0v) is 13.0. The van der Waals surface area contributed by atoms with E-state index in [1.165, 1.54) is 0 Å². The Hall–Kier alpha value is -1.18. The molecule has 22 heavy (non-hydrogen) atoms. The number of carboxylic acid groups (broad SMARTS) is 1. The van der Waals surface area contributed by atoms with Gasteiger partial charge in [0.25, 0.3) is 0 Å². The van der Waals surface area contributed by atoms with E-state index in [4.69, 9.17) is 4.74 Å². The summed E-state index contributed by atoms with van der Waals surface area (Å²) < 4.78 is 5.62. The van der Waals surface area contributed by atoms with Crippen molar-refractivity contribution in [2.75, 3.05) is 19.6 Å². The summed E-state index contributed by atoms with van der Waals surface area (Å²) in [6.07, 6.45) is 2.96. The van der Waals surface area contributed by atoms with Gasteiger partial charge in [0.05, 0.1) is 24.0 Å². The lowest BCUT2D eigenvalue weighted by Gasteiger charge is -2.32. The molecule has 2 bridgehead atoms. The highest BCUT2D eigenvalue weighted by Crippen LogP contribution is 2.43. The summed E-state index contributed by atoms with van der Waals surface area (Å²) in [5.74, 6) is -2.44. The van der Waals surface area contributed by atoms with E-state index in [2.05, 4.69) is 22.7 Å². The van der Waals surface area contributed by atoms with Crippen LogP contribution in [0.4, 0.5) is 0 Å². The zero-order valence-electron chi connectivity index (χ0n) is 13.0. The van der Waals surface area contributed by atoms with Crippen LogP contribution < -0.4 is 10.9 Å². The van der Waals surface area contributed by atoms with Crippen LogP contribution >= 0.6 is 0 Å². The number of carbonyl (C=O) groups is 2.